The molecule has 21 heavy (non-hydrogen) atoms. The first-order valence-electron chi connectivity index (χ1n) is 7.62. The molecule has 0 saturated heterocycles. The van der Waals surface area contributed by atoms with E-state index in [0.29, 0.717) is 11.3 Å². The van der Waals surface area contributed by atoms with Crippen molar-refractivity contribution in [2.24, 2.45) is 0 Å². The Labute approximate surface area is 134 Å². The molecule has 2 aromatic rings. The van der Waals surface area contributed by atoms with Crippen molar-refractivity contribution in [3.05, 3.63) is 41.2 Å². The Morgan fingerprint density at radius 3 is 2.95 bits per heavy atom. The van der Waals surface area contributed by atoms with Crippen LogP contribution in [0, 0.1) is 0 Å². The lowest BCUT2D eigenvalue weighted by Gasteiger charge is -2.33. The maximum atomic E-state index is 4.62. The highest BCUT2D eigenvalue weighted by Crippen LogP contribution is 2.40. The van der Waals surface area contributed by atoms with E-state index in [4.69, 9.17) is 0 Å². The first-order chi connectivity index (χ1) is 10.3. The van der Waals surface area contributed by atoms with Crippen LogP contribution >= 0.6 is 23.3 Å². The SMILES string of the molecule is CCNC1c2ccccc2CCC1Sc1nc(CC)ns1. The summed E-state index contributed by atoms with van der Waals surface area (Å²) in [6.45, 7) is 5.28. The van der Waals surface area contributed by atoms with Gasteiger partial charge in [0.05, 0.1) is 0 Å². The van der Waals surface area contributed by atoms with Crippen LogP contribution in [0.15, 0.2) is 28.6 Å². The van der Waals surface area contributed by atoms with Gasteiger partial charge in [0.15, 0.2) is 4.34 Å². The molecule has 2 unspecified atom stereocenters. The molecule has 0 radical (unpaired) electrons. The minimum atomic E-state index is 0.416. The molecule has 5 heteroatoms. The maximum Gasteiger partial charge on any atom is 0.170 e. The zero-order chi connectivity index (χ0) is 14.7. The second-order valence-electron chi connectivity index (χ2n) is 5.26. The fourth-order valence-corrected chi connectivity index (χ4v) is 5.06. The van der Waals surface area contributed by atoms with Crippen molar-refractivity contribution in [2.45, 2.75) is 48.7 Å². The molecule has 1 heterocycles. The molecule has 0 aliphatic heterocycles. The lowest BCUT2D eigenvalue weighted by Crippen LogP contribution is -2.34. The maximum absolute atomic E-state index is 4.62. The molecule has 0 bridgehead atoms. The third kappa shape index (κ3) is 3.30. The summed E-state index contributed by atoms with van der Waals surface area (Å²) in [4.78, 5) is 4.62. The van der Waals surface area contributed by atoms with Crippen LogP contribution in [-0.2, 0) is 12.8 Å². The number of thioether (sulfide) groups is 1. The number of fused-ring (bicyclic) bond motifs is 1. The number of hydrogen-bond donors (Lipinski definition) is 1. The number of aromatic nitrogens is 2. The van der Waals surface area contributed by atoms with Crippen molar-refractivity contribution < 1.29 is 0 Å². The molecule has 3 nitrogen and oxygen atoms in total. The largest absolute Gasteiger partial charge is 0.309 e. The minimum absolute atomic E-state index is 0.416. The van der Waals surface area contributed by atoms with E-state index >= 15 is 0 Å². The second-order valence-corrected chi connectivity index (χ2v) is 7.50. The average Bonchev–Trinajstić information content (AvgIpc) is 2.97. The van der Waals surface area contributed by atoms with Crippen molar-refractivity contribution in [1.82, 2.24) is 14.7 Å². The zero-order valence-corrected chi connectivity index (χ0v) is 14.1. The third-order valence-electron chi connectivity index (χ3n) is 3.90. The lowest BCUT2D eigenvalue weighted by atomic mass is 9.87. The Bertz CT molecular complexity index is 597. The van der Waals surface area contributed by atoms with E-state index in [1.54, 1.807) is 11.5 Å². The molecule has 1 N–H and O–H groups in total. The van der Waals surface area contributed by atoms with Gasteiger partial charge in [0.25, 0.3) is 0 Å². The summed E-state index contributed by atoms with van der Waals surface area (Å²) in [5.41, 5.74) is 2.95. The predicted molar refractivity (Wildman–Crippen MR) is 90.1 cm³/mol. The topological polar surface area (TPSA) is 37.8 Å². The molecule has 0 fully saturated rings. The highest BCUT2D eigenvalue weighted by atomic mass is 32.2. The molecular formula is C16H21N3S2. The van der Waals surface area contributed by atoms with E-state index in [1.165, 1.54) is 17.5 Å². The first-order valence-corrected chi connectivity index (χ1v) is 9.27. The molecular weight excluding hydrogens is 298 g/mol. The molecule has 0 saturated carbocycles. The van der Waals surface area contributed by atoms with Crippen LogP contribution in [0.4, 0.5) is 0 Å². The smallest absolute Gasteiger partial charge is 0.170 e. The van der Waals surface area contributed by atoms with Gasteiger partial charge < -0.3 is 5.32 Å². The Kier molecular flexibility index (Phi) is 4.93. The number of nitrogens with one attached hydrogen (secondary N) is 1. The summed E-state index contributed by atoms with van der Waals surface area (Å²) in [7, 11) is 0. The van der Waals surface area contributed by atoms with Crippen LogP contribution in [-0.4, -0.2) is 21.2 Å². The van der Waals surface area contributed by atoms with Gasteiger partial charge in [-0.2, -0.15) is 4.37 Å². The standard InChI is InChI=1S/C16H21N3S2/c1-3-14-18-16(21-19-14)20-13-10-9-11-7-5-6-8-12(11)15(13)17-4-2/h5-8,13,15,17H,3-4,9-10H2,1-2H3. The van der Waals surface area contributed by atoms with Gasteiger partial charge in [0.1, 0.15) is 5.82 Å². The van der Waals surface area contributed by atoms with Gasteiger partial charge in [-0.05, 0) is 42.0 Å². The number of benzene rings is 1. The summed E-state index contributed by atoms with van der Waals surface area (Å²) in [5.74, 6) is 0.971. The molecule has 1 aliphatic rings. The summed E-state index contributed by atoms with van der Waals surface area (Å²) >= 11 is 3.44. The molecule has 1 aliphatic carbocycles. The summed E-state index contributed by atoms with van der Waals surface area (Å²) in [6.07, 6.45) is 3.27. The highest BCUT2D eigenvalue weighted by Gasteiger charge is 2.30. The molecule has 1 aromatic heterocycles. The second kappa shape index (κ2) is 6.90. The quantitative estimate of drug-likeness (QED) is 0.908. The van der Waals surface area contributed by atoms with Crippen molar-refractivity contribution in [1.29, 1.82) is 0 Å². The van der Waals surface area contributed by atoms with E-state index in [9.17, 15) is 0 Å². The van der Waals surface area contributed by atoms with Crippen LogP contribution < -0.4 is 5.32 Å². The first kappa shape index (κ1) is 15.0. The average molecular weight is 319 g/mol. The molecule has 0 amide bonds. The fraction of sp³-hybridized carbons (Fsp3) is 0.500. The van der Waals surface area contributed by atoms with E-state index in [2.05, 4.69) is 52.8 Å². The van der Waals surface area contributed by atoms with E-state index in [-0.39, 0.29) is 0 Å². The monoisotopic (exact) mass is 319 g/mol. The zero-order valence-electron chi connectivity index (χ0n) is 12.5. The van der Waals surface area contributed by atoms with Gasteiger partial charge in [0.2, 0.25) is 0 Å². The van der Waals surface area contributed by atoms with Crippen molar-refractivity contribution in [2.75, 3.05) is 6.54 Å². The Hall–Kier alpha value is -0.910. The van der Waals surface area contributed by atoms with Gasteiger partial charge in [-0.1, -0.05) is 49.9 Å². The lowest BCUT2D eigenvalue weighted by molar-refractivity contribution is 0.484. The molecule has 112 valence electrons. The summed E-state index contributed by atoms with van der Waals surface area (Å²) in [6, 6.07) is 9.25. The van der Waals surface area contributed by atoms with Gasteiger partial charge in [0, 0.05) is 17.7 Å². The van der Waals surface area contributed by atoms with Gasteiger partial charge in [-0.3, -0.25) is 0 Å². The van der Waals surface area contributed by atoms with Gasteiger partial charge >= 0.3 is 0 Å². The van der Waals surface area contributed by atoms with Crippen LogP contribution in [0.2, 0.25) is 0 Å². The normalized spacial score (nSPS) is 21.2. The molecule has 2 atom stereocenters. The van der Waals surface area contributed by atoms with Gasteiger partial charge in [-0.15, -0.1) is 0 Å². The third-order valence-corrected chi connectivity index (χ3v) is 6.07. The van der Waals surface area contributed by atoms with E-state index < -0.39 is 0 Å². The van der Waals surface area contributed by atoms with Crippen LogP contribution in [0.3, 0.4) is 0 Å². The summed E-state index contributed by atoms with van der Waals surface area (Å²) in [5, 5.41) is 4.21. The van der Waals surface area contributed by atoms with E-state index in [0.717, 1.165) is 29.6 Å². The summed E-state index contributed by atoms with van der Waals surface area (Å²) < 4.78 is 5.52. The minimum Gasteiger partial charge on any atom is -0.309 e. The number of aryl methyl sites for hydroxylation is 2. The van der Waals surface area contributed by atoms with Crippen molar-refractivity contribution >= 4 is 23.3 Å². The molecule has 0 spiro atoms. The number of rotatable bonds is 5. The molecule has 1 aromatic carbocycles. The number of hydrogen-bond acceptors (Lipinski definition) is 5. The van der Waals surface area contributed by atoms with Gasteiger partial charge in [-0.25, -0.2) is 4.98 Å². The highest BCUT2D eigenvalue weighted by molar-refractivity contribution is 8.01. The van der Waals surface area contributed by atoms with Crippen LogP contribution in [0.5, 0.6) is 0 Å². The fourth-order valence-electron chi connectivity index (χ4n) is 2.88. The van der Waals surface area contributed by atoms with Crippen molar-refractivity contribution in [3.63, 3.8) is 0 Å². The van der Waals surface area contributed by atoms with Crippen LogP contribution in [0.1, 0.15) is 43.3 Å². The van der Waals surface area contributed by atoms with E-state index in [1.807, 2.05) is 11.8 Å². The van der Waals surface area contributed by atoms with Crippen molar-refractivity contribution in [3.8, 4) is 0 Å². The molecule has 3 rings (SSSR count). The Balaban J connectivity index is 1.81. The Morgan fingerprint density at radius 1 is 1.33 bits per heavy atom. The Morgan fingerprint density at radius 2 is 2.19 bits per heavy atom. The number of nitrogens with zero attached hydrogens (tertiary/aromatic N) is 2. The van der Waals surface area contributed by atoms with Crippen LogP contribution in [0.25, 0.3) is 0 Å². The predicted octanol–water partition coefficient (Wildman–Crippen LogP) is 3.86.